The van der Waals surface area contributed by atoms with Crippen LogP contribution < -0.4 is 19.7 Å². The number of para-hydroxylation sites is 3. The lowest BCUT2D eigenvalue weighted by Gasteiger charge is -2.24. The van der Waals surface area contributed by atoms with Crippen LogP contribution in [0.1, 0.15) is 12.5 Å². The highest BCUT2D eigenvalue weighted by molar-refractivity contribution is 5.97. The zero-order valence-electron chi connectivity index (χ0n) is 15.0. The Balaban J connectivity index is 1.60. The zero-order valence-corrected chi connectivity index (χ0v) is 15.0. The van der Waals surface area contributed by atoms with E-state index in [1.54, 1.807) is 7.11 Å². The van der Waals surface area contributed by atoms with Crippen LogP contribution in [0.2, 0.25) is 0 Å². The Bertz CT molecular complexity index is 745. The Morgan fingerprint density at radius 3 is 2.64 bits per heavy atom. The van der Waals surface area contributed by atoms with Gasteiger partial charge in [-0.25, -0.2) is 0 Å². The van der Waals surface area contributed by atoms with Crippen molar-refractivity contribution in [3.8, 4) is 11.5 Å². The van der Waals surface area contributed by atoms with Crippen molar-refractivity contribution >= 4 is 11.6 Å². The van der Waals surface area contributed by atoms with Crippen molar-refractivity contribution in [1.82, 2.24) is 5.32 Å². The molecule has 0 radical (unpaired) electrons. The van der Waals surface area contributed by atoms with E-state index in [0.29, 0.717) is 6.54 Å². The molecule has 1 aliphatic rings. The molecule has 0 amide bonds. The molecule has 1 aliphatic heterocycles. The average Bonchev–Trinajstić information content (AvgIpc) is 3.07. The van der Waals surface area contributed by atoms with Crippen LogP contribution in [0.25, 0.3) is 0 Å². The highest BCUT2D eigenvalue weighted by Crippen LogP contribution is 2.28. The first kappa shape index (κ1) is 17.1. The van der Waals surface area contributed by atoms with E-state index in [9.17, 15) is 0 Å². The molecule has 1 N–H and O–H groups in total. The normalized spacial score (nSPS) is 14.8. The molecule has 0 spiro atoms. The Morgan fingerprint density at radius 2 is 1.88 bits per heavy atom. The van der Waals surface area contributed by atoms with Gasteiger partial charge in [-0.1, -0.05) is 30.3 Å². The monoisotopic (exact) mass is 339 g/mol. The molecule has 0 bridgehead atoms. The fourth-order valence-electron chi connectivity index (χ4n) is 3.06. The third-order valence-electron chi connectivity index (χ3n) is 4.30. The van der Waals surface area contributed by atoms with Crippen molar-refractivity contribution in [1.29, 1.82) is 0 Å². The summed E-state index contributed by atoms with van der Waals surface area (Å²) in [6.45, 7) is 3.63. The van der Waals surface area contributed by atoms with Crippen LogP contribution >= 0.6 is 0 Å². The molecule has 0 aliphatic carbocycles. The summed E-state index contributed by atoms with van der Waals surface area (Å²) < 4.78 is 11.3. The smallest absolute Gasteiger partial charge is 0.198 e. The number of nitrogens with zero attached hydrogens (tertiary/aromatic N) is 2. The Kier molecular flexibility index (Phi) is 5.43. The molecule has 1 atom stereocenters. The molecule has 1 heterocycles. The van der Waals surface area contributed by atoms with Crippen molar-refractivity contribution in [3.63, 3.8) is 0 Å². The first-order valence-electron chi connectivity index (χ1n) is 8.58. The van der Waals surface area contributed by atoms with E-state index in [0.717, 1.165) is 30.4 Å². The molecule has 0 saturated carbocycles. The molecule has 0 fully saturated rings. The lowest BCUT2D eigenvalue weighted by molar-refractivity contribution is 0.214. The van der Waals surface area contributed by atoms with Gasteiger partial charge in [0.1, 0.15) is 6.10 Å². The van der Waals surface area contributed by atoms with Gasteiger partial charge in [-0.15, -0.1) is 0 Å². The first-order valence-corrected chi connectivity index (χ1v) is 8.58. The Morgan fingerprint density at radius 1 is 1.16 bits per heavy atom. The van der Waals surface area contributed by atoms with Gasteiger partial charge in [0.05, 0.1) is 13.7 Å². The third kappa shape index (κ3) is 3.87. The van der Waals surface area contributed by atoms with Crippen LogP contribution in [-0.4, -0.2) is 39.3 Å². The van der Waals surface area contributed by atoms with E-state index in [1.165, 1.54) is 11.3 Å². The fraction of sp³-hybridized carbons (Fsp3) is 0.350. The molecule has 1 unspecified atom stereocenters. The van der Waals surface area contributed by atoms with E-state index in [1.807, 2.05) is 38.2 Å². The summed E-state index contributed by atoms with van der Waals surface area (Å²) in [7, 11) is 3.47. The van der Waals surface area contributed by atoms with Crippen LogP contribution in [0.5, 0.6) is 11.5 Å². The quantitative estimate of drug-likeness (QED) is 0.672. The number of fused-ring (bicyclic) bond motifs is 1. The summed E-state index contributed by atoms with van der Waals surface area (Å²) in [6, 6.07) is 16.2. The minimum absolute atomic E-state index is 0.0223. The van der Waals surface area contributed by atoms with Gasteiger partial charge in [0, 0.05) is 19.3 Å². The van der Waals surface area contributed by atoms with Crippen molar-refractivity contribution < 1.29 is 9.47 Å². The van der Waals surface area contributed by atoms with E-state index in [2.05, 4.69) is 39.5 Å². The second-order valence-corrected chi connectivity index (χ2v) is 6.04. The molecule has 3 rings (SSSR count). The van der Waals surface area contributed by atoms with Crippen LogP contribution in [0.3, 0.4) is 0 Å². The van der Waals surface area contributed by atoms with Gasteiger partial charge in [0.15, 0.2) is 17.5 Å². The average molecular weight is 339 g/mol. The molecule has 2 aromatic rings. The molecule has 132 valence electrons. The fourth-order valence-corrected chi connectivity index (χ4v) is 3.06. The number of hydrogen-bond donors (Lipinski definition) is 1. The topological polar surface area (TPSA) is 46.1 Å². The lowest BCUT2D eigenvalue weighted by Crippen LogP contribution is -2.44. The Labute approximate surface area is 149 Å². The number of hydrogen-bond acceptors (Lipinski definition) is 3. The van der Waals surface area contributed by atoms with Crippen molar-refractivity contribution in [3.05, 3.63) is 54.1 Å². The van der Waals surface area contributed by atoms with Crippen LogP contribution in [0.4, 0.5) is 5.69 Å². The SMILES string of the molecule is CN=C(NCC(C)Oc1ccccc1OC)N1CCc2ccccc21. The third-order valence-corrected chi connectivity index (χ3v) is 4.30. The summed E-state index contributed by atoms with van der Waals surface area (Å²) in [5, 5.41) is 3.42. The van der Waals surface area contributed by atoms with Gasteiger partial charge < -0.3 is 19.7 Å². The minimum Gasteiger partial charge on any atom is -0.493 e. The van der Waals surface area contributed by atoms with Crippen LogP contribution in [0.15, 0.2) is 53.5 Å². The number of methoxy groups -OCH3 is 1. The summed E-state index contributed by atoms with van der Waals surface area (Å²) in [6.07, 6.45) is 1.02. The molecule has 2 aromatic carbocycles. The second kappa shape index (κ2) is 7.92. The van der Waals surface area contributed by atoms with E-state index < -0.39 is 0 Å². The second-order valence-electron chi connectivity index (χ2n) is 6.04. The summed E-state index contributed by atoms with van der Waals surface area (Å²) in [5.41, 5.74) is 2.60. The van der Waals surface area contributed by atoms with E-state index in [-0.39, 0.29) is 6.10 Å². The van der Waals surface area contributed by atoms with Gasteiger partial charge in [-0.3, -0.25) is 4.99 Å². The van der Waals surface area contributed by atoms with E-state index >= 15 is 0 Å². The van der Waals surface area contributed by atoms with Crippen LogP contribution in [0, 0.1) is 0 Å². The number of guanidine groups is 1. The predicted molar refractivity (Wildman–Crippen MR) is 102 cm³/mol. The predicted octanol–water partition coefficient (Wildman–Crippen LogP) is 3.10. The van der Waals surface area contributed by atoms with Gasteiger partial charge in [0.25, 0.3) is 0 Å². The maximum atomic E-state index is 6.00. The number of aliphatic imine (C=N–C) groups is 1. The van der Waals surface area contributed by atoms with Crippen molar-refractivity contribution in [2.45, 2.75) is 19.4 Å². The molecule has 0 aromatic heterocycles. The maximum absolute atomic E-state index is 6.00. The lowest BCUT2D eigenvalue weighted by atomic mass is 10.2. The zero-order chi connectivity index (χ0) is 17.6. The number of nitrogens with one attached hydrogen (secondary N) is 1. The van der Waals surface area contributed by atoms with Crippen molar-refractivity contribution in [2.75, 3.05) is 32.1 Å². The summed E-state index contributed by atoms with van der Waals surface area (Å²) in [5.74, 6) is 2.37. The molecular weight excluding hydrogens is 314 g/mol. The number of ether oxygens (including phenoxy) is 2. The van der Waals surface area contributed by atoms with Crippen molar-refractivity contribution in [2.24, 2.45) is 4.99 Å². The highest BCUT2D eigenvalue weighted by atomic mass is 16.5. The van der Waals surface area contributed by atoms with Gasteiger partial charge in [0.2, 0.25) is 0 Å². The molecule has 5 heteroatoms. The number of anilines is 1. The largest absolute Gasteiger partial charge is 0.493 e. The number of rotatable bonds is 5. The van der Waals surface area contributed by atoms with E-state index in [4.69, 9.17) is 9.47 Å². The summed E-state index contributed by atoms with van der Waals surface area (Å²) >= 11 is 0. The summed E-state index contributed by atoms with van der Waals surface area (Å²) in [4.78, 5) is 6.66. The highest BCUT2D eigenvalue weighted by Gasteiger charge is 2.22. The first-order chi connectivity index (χ1) is 12.2. The van der Waals surface area contributed by atoms with Crippen LogP contribution in [-0.2, 0) is 6.42 Å². The molecule has 25 heavy (non-hydrogen) atoms. The molecule has 0 saturated heterocycles. The maximum Gasteiger partial charge on any atom is 0.198 e. The van der Waals surface area contributed by atoms with Gasteiger partial charge in [-0.2, -0.15) is 0 Å². The molecular formula is C20H25N3O2. The number of benzene rings is 2. The molecule has 5 nitrogen and oxygen atoms in total. The standard InChI is InChI=1S/C20H25N3O2/c1-15(25-19-11-7-6-10-18(19)24-3)14-22-20(21-2)23-13-12-16-8-4-5-9-17(16)23/h4-11,15H,12-14H2,1-3H3,(H,21,22). The van der Waals surface area contributed by atoms with Gasteiger partial charge in [-0.05, 0) is 37.1 Å². The Hall–Kier alpha value is -2.69. The minimum atomic E-state index is -0.0223. The van der Waals surface area contributed by atoms with Gasteiger partial charge >= 0.3 is 0 Å².